The topological polar surface area (TPSA) is 54.5 Å². The van der Waals surface area contributed by atoms with Crippen LogP contribution in [0.2, 0.25) is 0 Å². The molecule has 1 aliphatic heterocycles. The quantitative estimate of drug-likeness (QED) is 0.784. The molecule has 0 bridgehead atoms. The zero-order chi connectivity index (χ0) is 13.3. The first-order valence-corrected chi connectivity index (χ1v) is 7.15. The first-order chi connectivity index (χ1) is 8.46. The minimum Gasteiger partial charge on any atom is -0.302 e. The van der Waals surface area contributed by atoms with Crippen molar-refractivity contribution in [3.8, 4) is 0 Å². The third kappa shape index (κ3) is 2.18. The molecule has 1 aromatic carbocycles. The molecule has 2 rings (SSSR count). The van der Waals surface area contributed by atoms with Gasteiger partial charge in [-0.3, -0.25) is 0 Å². The van der Waals surface area contributed by atoms with Crippen LogP contribution >= 0.6 is 0 Å². The summed E-state index contributed by atoms with van der Waals surface area (Å²) >= 11 is 0. The number of sulfonamides is 1. The Morgan fingerprint density at radius 1 is 1.28 bits per heavy atom. The van der Waals surface area contributed by atoms with E-state index in [1.165, 1.54) is 16.4 Å². The molecule has 98 valence electrons. The largest absolute Gasteiger partial charge is 0.302 e. The summed E-state index contributed by atoms with van der Waals surface area (Å²) in [7, 11) is -3.73. The van der Waals surface area contributed by atoms with Gasteiger partial charge >= 0.3 is 0 Å². The molecule has 0 radical (unpaired) electrons. The van der Waals surface area contributed by atoms with E-state index in [9.17, 15) is 17.6 Å². The maximum Gasteiger partial charge on any atom is 0.243 e. The number of benzene rings is 1. The van der Waals surface area contributed by atoms with E-state index in [4.69, 9.17) is 0 Å². The number of hydrogen-bond acceptors (Lipinski definition) is 3. The average Bonchev–Trinajstić information content (AvgIpc) is 2.71. The van der Waals surface area contributed by atoms with Crippen molar-refractivity contribution in [2.45, 2.75) is 36.7 Å². The summed E-state index contributed by atoms with van der Waals surface area (Å²) in [4.78, 5) is 10.9. The summed E-state index contributed by atoms with van der Waals surface area (Å²) in [5.41, 5.74) is 0. The predicted molar refractivity (Wildman–Crippen MR) is 64.0 cm³/mol. The summed E-state index contributed by atoms with van der Waals surface area (Å²) in [6.07, 6.45) is 1.85. The molecule has 1 aliphatic rings. The van der Waals surface area contributed by atoms with Crippen molar-refractivity contribution in [3.63, 3.8) is 0 Å². The zero-order valence-corrected chi connectivity index (χ0v) is 10.7. The number of carbonyl (C=O) groups is 1. The number of nitrogens with zero attached hydrogens (tertiary/aromatic N) is 1. The van der Waals surface area contributed by atoms with Crippen molar-refractivity contribution in [3.05, 3.63) is 30.1 Å². The van der Waals surface area contributed by atoms with Gasteiger partial charge in [-0.25, -0.2) is 12.8 Å². The number of rotatable bonds is 3. The molecule has 18 heavy (non-hydrogen) atoms. The van der Waals surface area contributed by atoms with Gasteiger partial charge in [-0.15, -0.1) is 0 Å². The first-order valence-electron chi connectivity index (χ1n) is 5.71. The molecule has 2 atom stereocenters. The standard InChI is InChI=1S/C12H14FNO3S/c1-9-2-5-11(8-15)14(9)18(16,17)12-6-3-10(13)4-7-12/h3-4,6-9,11H,2,5H2,1H3/t9-,11-/m0/s1. The van der Waals surface area contributed by atoms with Crippen LogP contribution in [-0.4, -0.2) is 31.1 Å². The fraction of sp³-hybridized carbons (Fsp3) is 0.417. The molecule has 0 N–H and O–H groups in total. The van der Waals surface area contributed by atoms with E-state index < -0.39 is 21.9 Å². The molecule has 0 spiro atoms. The Labute approximate surface area is 105 Å². The molecule has 1 aromatic rings. The highest BCUT2D eigenvalue weighted by atomic mass is 32.2. The number of carbonyl (C=O) groups excluding carboxylic acids is 1. The van der Waals surface area contributed by atoms with E-state index in [1.54, 1.807) is 6.92 Å². The van der Waals surface area contributed by atoms with E-state index >= 15 is 0 Å². The van der Waals surface area contributed by atoms with Crippen molar-refractivity contribution in [1.29, 1.82) is 0 Å². The van der Waals surface area contributed by atoms with Crippen molar-refractivity contribution in [2.75, 3.05) is 0 Å². The Kier molecular flexibility index (Phi) is 3.49. The van der Waals surface area contributed by atoms with Gasteiger partial charge in [0.1, 0.15) is 12.1 Å². The molecule has 6 heteroatoms. The van der Waals surface area contributed by atoms with Crippen LogP contribution in [0, 0.1) is 5.82 Å². The van der Waals surface area contributed by atoms with E-state index in [0.717, 1.165) is 12.1 Å². The molecule has 0 aliphatic carbocycles. The lowest BCUT2D eigenvalue weighted by molar-refractivity contribution is -0.110. The second kappa shape index (κ2) is 4.78. The zero-order valence-electron chi connectivity index (χ0n) is 9.91. The van der Waals surface area contributed by atoms with Crippen molar-refractivity contribution < 1.29 is 17.6 Å². The molecular formula is C12H14FNO3S. The minimum atomic E-state index is -3.73. The van der Waals surface area contributed by atoms with E-state index in [-0.39, 0.29) is 10.9 Å². The second-order valence-electron chi connectivity index (χ2n) is 4.42. The van der Waals surface area contributed by atoms with Crippen LogP contribution in [0.3, 0.4) is 0 Å². The van der Waals surface area contributed by atoms with Gasteiger partial charge in [0.15, 0.2) is 0 Å². The van der Waals surface area contributed by atoms with Gasteiger partial charge in [-0.1, -0.05) is 0 Å². The number of hydrogen-bond donors (Lipinski definition) is 0. The summed E-state index contributed by atoms with van der Waals surface area (Å²) in [6.45, 7) is 1.77. The molecule has 0 amide bonds. The van der Waals surface area contributed by atoms with Gasteiger partial charge < -0.3 is 4.79 Å². The normalized spacial score (nSPS) is 25.2. The van der Waals surface area contributed by atoms with Gasteiger partial charge in [0.05, 0.1) is 10.9 Å². The molecule has 1 heterocycles. The van der Waals surface area contributed by atoms with Crippen LogP contribution in [0.1, 0.15) is 19.8 Å². The van der Waals surface area contributed by atoms with Gasteiger partial charge in [0, 0.05) is 6.04 Å². The minimum absolute atomic E-state index is 0.0181. The fourth-order valence-corrected chi connectivity index (χ4v) is 4.08. The first kappa shape index (κ1) is 13.2. The lowest BCUT2D eigenvalue weighted by Crippen LogP contribution is -2.40. The molecule has 1 fully saturated rings. The third-order valence-corrected chi connectivity index (χ3v) is 5.24. The summed E-state index contributed by atoms with van der Waals surface area (Å²) in [5.74, 6) is -0.490. The van der Waals surface area contributed by atoms with E-state index in [1.807, 2.05) is 0 Å². The predicted octanol–water partition coefficient (Wildman–Crippen LogP) is 1.57. The Morgan fingerprint density at radius 3 is 2.44 bits per heavy atom. The molecular weight excluding hydrogens is 257 g/mol. The molecule has 1 saturated heterocycles. The number of aldehydes is 1. The van der Waals surface area contributed by atoms with Gasteiger partial charge in [-0.2, -0.15) is 4.31 Å². The Bertz CT molecular complexity index is 541. The Morgan fingerprint density at radius 2 is 1.89 bits per heavy atom. The summed E-state index contributed by atoms with van der Waals surface area (Å²) in [6, 6.07) is 3.81. The van der Waals surface area contributed by atoms with Crippen LogP contribution < -0.4 is 0 Å². The van der Waals surface area contributed by atoms with Crippen molar-refractivity contribution >= 4 is 16.3 Å². The van der Waals surface area contributed by atoms with E-state index in [0.29, 0.717) is 19.1 Å². The summed E-state index contributed by atoms with van der Waals surface area (Å²) < 4.78 is 38.8. The van der Waals surface area contributed by atoms with Crippen LogP contribution in [0.4, 0.5) is 4.39 Å². The van der Waals surface area contributed by atoms with Crippen LogP contribution in [0.15, 0.2) is 29.2 Å². The molecule has 4 nitrogen and oxygen atoms in total. The Hall–Kier alpha value is -1.27. The van der Waals surface area contributed by atoms with Crippen molar-refractivity contribution in [1.82, 2.24) is 4.31 Å². The SMILES string of the molecule is C[C@H]1CC[C@@H](C=O)N1S(=O)(=O)c1ccc(F)cc1. The highest BCUT2D eigenvalue weighted by Crippen LogP contribution is 2.29. The lowest BCUT2D eigenvalue weighted by Gasteiger charge is -2.24. The maximum absolute atomic E-state index is 12.8. The smallest absolute Gasteiger partial charge is 0.243 e. The Balaban J connectivity index is 2.41. The highest BCUT2D eigenvalue weighted by Gasteiger charge is 2.39. The fourth-order valence-electron chi connectivity index (χ4n) is 2.26. The van der Waals surface area contributed by atoms with Crippen LogP contribution in [0.25, 0.3) is 0 Å². The molecule has 0 saturated carbocycles. The molecule has 0 aromatic heterocycles. The van der Waals surface area contributed by atoms with Gasteiger partial charge in [0.25, 0.3) is 0 Å². The summed E-state index contributed by atoms with van der Waals surface area (Å²) in [5, 5.41) is 0. The highest BCUT2D eigenvalue weighted by molar-refractivity contribution is 7.89. The van der Waals surface area contributed by atoms with E-state index in [2.05, 4.69) is 0 Å². The third-order valence-electron chi connectivity index (χ3n) is 3.19. The van der Waals surface area contributed by atoms with Gasteiger partial charge in [0.2, 0.25) is 10.0 Å². The van der Waals surface area contributed by atoms with Crippen LogP contribution in [0.5, 0.6) is 0 Å². The van der Waals surface area contributed by atoms with Crippen LogP contribution in [-0.2, 0) is 14.8 Å². The average molecular weight is 271 g/mol. The lowest BCUT2D eigenvalue weighted by atomic mass is 10.2. The number of halogens is 1. The molecule has 0 unspecified atom stereocenters. The second-order valence-corrected chi connectivity index (χ2v) is 6.26. The van der Waals surface area contributed by atoms with Gasteiger partial charge in [-0.05, 0) is 44.0 Å². The van der Waals surface area contributed by atoms with Crippen molar-refractivity contribution in [2.24, 2.45) is 0 Å². The maximum atomic E-state index is 12.8. The monoisotopic (exact) mass is 271 g/mol.